The van der Waals surface area contributed by atoms with Crippen LogP contribution < -0.4 is 5.14 Å². The van der Waals surface area contributed by atoms with E-state index >= 15 is 0 Å². The van der Waals surface area contributed by atoms with Crippen molar-refractivity contribution in [1.82, 2.24) is 19.3 Å². The predicted molar refractivity (Wildman–Crippen MR) is 132 cm³/mol. The van der Waals surface area contributed by atoms with Crippen LogP contribution >= 0.6 is 0 Å². The van der Waals surface area contributed by atoms with Gasteiger partial charge in [-0.25, -0.2) is 31.3 Å². The van der Waals surface area contributed by atoms with Crippen LogP contribution in [0, 0.1) is 11.8 Å². The molecule has 3 aromatic heterocycles. The predicted octanol–water partition coefficient (Wildman–Crippen LogP) is 2.72. The van der Waals surface area contributed by atoms with Gasteiger partial charge in [0, 0.05) is 54.0 Å². The highest BCUT2D eigenvalue weighted by Crippen LogP contribution is 2.40. The van der Waals surface area contributed by atoms with E-state index in [0.717, 1.165) is 42.1 Å². The van der Waals surface area contributed by atoms with E-state index in [2.05, 4.69) is 15.0 Å². The molecule has 1 aliphatic carbocycles. The summed E-state index contributed by atoms with van der Waals surface area (Å²) in [6.45, 7) is 0.706. The molecule has 184 valence electrons. The van der Waals surface area contributed by atoms with E-state index in [0.29, 0.717) is 25.3 Å². The molecule has 4 heterocycles. The minimum atomic E-state index is -3.61. The molecule has 0 spiro atoms. The number of aromatic nitrogens is 3. The van der Waals surface area contributed by atoms with Crippen LogP contribution in [0.3, 0.4) is 0 Å². The van der Waals surface area contributed by atoms with E-state index in [9.17, 15) is 16.8 Å². The molecule has 11 heteroatoms. The summed E-state index contributed by atoms with van der Waals surface area (Å²) in [7, 11) is -7.05. The van der Waals surface area contributed by atoms with Gasteiger partial charge in [0.15, 0.2) is 0 Å². The molecule has 34 heavy (non-hydrogen) atoms. The normalized spacial score (nSPS) is 25.1. The fraction of sp³-hybridized carbons (Fsp3) is 0.565. The van der Waals surface area contributed by atoms with Crippen LogP contribution in [0.15, 0.2) is 30.9 Å². The van der Waals surface area contributed by atoms with Crippen molar-refractivity contribution in [2.45, 2.75) is 44.4 Å². The van der Waals surface area contributed by atoms with Crippen molar-refractivity contribution in [2.75, 3.05) is 24.6 Å². The van der Waals surface area contributed by atoms with Crippen molar-refractivity contribution in [3.8, 4) is 0 Å². The Balaban J connectivity index is 1.26. The number of primary sulfonamides is 1. The molecule has 9 nitrogen and oxygen atoms in total. The van der Waals surface area contributed by atoms with E-state index in [1.54, 1.807) is 0 Å². The zero-order valence-electron chi connectivity index (χ0n) is 19.1. The number of nitrogens with zero attached hydrogens (tertiary/aromatic N) is 3. The molecule has 1 unspecified atom stereocenters. The lowest BCUT2D eigenvalue weighted by Gasteiger charge is -2.34. The summed E-state index contributed by atoms with van der Waals surface area (Å²) in [5.74, 6) is 0.184. The first-order valence-corrected chi connectivity index (χ1v) is 15.2. The van der Waals surface area contributed by atoms with Gasteiger partial charge in [0.25, 0.3) is 0 Å². The molecule has 1 aliphatic heterocycles. The molecule has 5 rings (SSSR count). The van der Waals surface area contributed by atoms with Gasteiger partial charge in [-0.1, -0.05) is 0 Å². The van der Waals surface area contributed by atoms with Crippen LogP contribution in [0.25, 0.3) is 21.8 Å². The Morgan fingerprint density at radius 1 is 1.00 bits per heavy atom. The largest absolute Gasteiger partial charge is 0.346 e. The number of nitrogens with one attached hydrogen (secondary N) is 1. The number of fused-ring (bicyclic) bond motifs is 3. The number of aromatic amines is 1. The fourth-order valence-corrected chi connectivity index (χ4v) is 8.72. The molecular weight excluding hydrogens is 474 g/mol. The average molecular weight is 506 g/mol. The number of rotatable bonds is 6. The highest BCUT2D eigenvalue weighted by atomic mass is 32.2. The SMILES string of the molecule is NS(=O)(=O)CC1CCCN(S(=O)(=O)CC2CCC(c3cncc4cnc5[nH]ccc5c34)CC2)C1. The van der Waals surface area contributed by atoms with Gasteiger partial charge < -0.3 is 4.98 Å². The number of pyridine rings is 2. The molecule has 2 fully saturated rings. The maximum Gasteiger partial charge on any atom is 0.214 e. The summed E-state index contributed by atoms with van der Waals surface area (Å²) >= 11 is 0. The molecule has 0 aromatic carbocycles. The number of sulfonamides is 2. The Labute approximate surface area is 200 Å². The van der Waals surface area contributed by atoms with Crippen LogP contribution in [-0.4, -0.2) is 60.7 Å². The highest BCUT2D eigenvalue weighted by Gasteiger charge is 2.34. The quantitative estimate of drug-likeness (QED) is 0.528. The molecule has 3 N–H and O–H groups in total. The van der Waals surface area contributed by atoms with Crippen LogP contribution in [0.5, 0.6) is 0 Å². The van der Waals surface area contributed by atoms with E-state index < -0.39 is 20.0 Å². The second kappa shape index (κ2) is 9.18. The van der Waals surface area contributed by atoms with Crippen LogP contribution in [0.1, 0.15) is 50.0 Å². The summed E-state index contributed by atoms with van der Waals surface area (Å²) in [6.07, 6.45) is 12.4. The highest BCUT2D eigenvalue weighted by molar-refractivity contribution is 7.89. The van der Waals surface area contributed by atoms with Gasteiger partial charge in [-0.3, -0.25) is 4.98 Å². The molecule has 0 radical (unpaired) electrons. The smallest absolute Gasteiger partial charge is 0.214 e. The second-order valence-electron chi connectivity index (χ2n) is 9.88. The minimum Gasteiger partial charge on any atom is -0.346 e. The molecular formula is C23H31N5O4S2. The van der Waals surface area contributed by atoms with E-state index in [1.165, 1.54) is 15.3 Å². The second-order valence-corrected chi connectivity index (χ2v) is 13.6. The third kappa shape index (κ3) is 4.98. The third-order valence-corrected chi connectivity index (χ3v) is 10.4. The van der Waals surface area contributed by atoms with Crippen molar-refractivity contribution in [2.24, 2.45) is 17.0 Å². The van der Waals surface area contributed by atoms with Crippen molar-refractivity contribution >= 4 is 41.9 Å². The van der Waals surface area contributed by atoms with Gasteiger partial charge in [0.1, 0.15) is 5.65 Å². The molecule has 1 saturated heterocycles. The Morgan fingerprint density at radius 3 is 2.56 bits per heavy atom. The van der Waals surface area contributed by atoms with Crippen molar-refractivity contribution in [1.29, 1.82) is 0 Å². The summed E-state index contributed by atoms with van der Waals surface area (Å²) < 4.78 is 50.7. The Hall–Kier alpha value is -2.08. The van der Waals surface area contributed by atoms with Gasteiger partial charge in [-0.2, -0.15) is 0 Å². The fourth-order valence-electron chi connectivity index (χ4n) is 5.80. The Morgan fingerprint density at radius 2 is 1.79 bits per heavy atom. The van der Waals surface area contributed by atoms with Crippen molar-refractivity contribution in [3.05, 3.63) is 36.4 Å². The number of piperidine rings is 1. The number of H-pyrrole nitrogens is 1. The molecule has 2 aliphatic rings. The van der Waals surface area contributed by atoms with Gasteiger partial charge >= 0.3 is 0 Å². The summed E-state index contributed by atoms with van der Waals surface area (Å²) in [6, 6.07) is 2.05. The van der Waals surface area contributed by atoms with E-state index in [1.807, 2.05) is 30.9 Å². The molecule has 1 saturated carbocycles. The van der Waals surface area contributed by atoms with Crippen LogP contribution in [0.4, 0.5) is 0 Å². The summed E-state index contributed by atoms with van der Waals surface area (Å²) in [5, 5.41) is 8.49. The van der Waals surface area contributed by atoms with Gasteiger partial charge in [-0.05, 0) is 67.9 Å². The molecule has 3 aromatic rings. The number of hydrogen-bond acceptors (Lipinski definition) is 6. The first-order chi connectivity index (χ1) is 16.2. The number of nitrogens with two attached hydrogens (primary N) is 1. The van der Waals surface area contributed by atoms with E-state index in [4.69, 9.17) is 5.14 Å². The lowest BCUT2D eigenvalue weighted by Crippen LogP contribution is -2.44. The first kappa shape index (κ1) is 23.7. The number of hydrogen-bond donors (Lipinski definition) is 2. The summed E-state index contributed by atoms with van der Waals surface area (Å²) in [4.78, 5) is 12.1. The average Bonchev–Trinajstić information content (AvgIpc) is 3.27. The van der Waals surface area contributed by atoms with Crippen molar-refractivity contribution < 1.29 is 16.8 Å². The maximum atomic E-state index is 13.1. The zero-order valence-corrected chi connectivity index (χ0v) is 20.7. The standard InChI is InChI=1S/C23H31N5O4S2/c24-33(29,30)14-17-2-1-9-28(13-17)34(31,32)15-16-3-5-18(6-4-16)21-12-25-10-19-11-27-23-20(22(19)21)7-8-26-23/h7-8,10-12,16-18H,1-6,9,13-15H2,(H,26,27)(H2,24,29,30). The molecule has 0 bridgehead atoms. The minimum absolute atomic E-state index is 0.108. The monoisotopic (exact) mass is 505 g/mol. The van der Waals surface area contributed by atoms with E-state index in [-0.39, 0.29) is 29.9 Å². The van der Waals surface area contributed by atoms with Crippen LogP contribution in [0.2, 0.25) is 0 Å². The first-order valence-electron chi connectivity index (χ1n) is 11.9. The van der Waals surface area contributed by atoms with Gasteiger partial charge in [-0.15, -0.1) is 0 Å². The van der Waals surface area contributed by atoms with Gasteiger partial charge in [0.05, 0.1) is 11.5 Å². The molecule has 0 amide bonds. The van der Waals surface area contributed by atoms with Gasteiger partial charge in [0.2, 0.25) is 20.0 Å². The van der Waals surface area contributed by atoms with Crippen LogP contribution in [-0.2, 0) is 20.0 Å². The maximum absolute atomic E-state index is 13.1. The zero-order chi connectivity index (χ0) is 23.9. The summed E-state index contributed by atoms with van der Waals surface area (Å²) in [5.41, 5.74) is 2.08. The Bertz CT molecular complexity index is 1400. The third-order valence-electron chi connectivity index (χ3n) is 7.41. The van der Waals surface area contributed by atoms with Crippen molar-refractivity contribution in [3.63, 3.8) is 0 Å². The lowest BCUT2D eigenvalue weighted by molar-refractivity contribution is 0.276. The lowest BCUT2D eigenvalue weighted by atomic mass is 9.78. The topological polar surface area (TPSA) is 139 Å². The Kier molecular flexibility index (Phi) is 6.38. The molecule has 1 atom stereocenters.